The molecule has 0 spiro atoms. The van der Waals surface area contributed by atoms with Crippen LogP contribution in [-0.2, 0) is 26.3 Å². The van der Waals surface area contributed by atoms with E-state index < -0.39 is 23.7 Å². The summed E-state index contributed by atoms with van der Waals surface area (Å²) in [4.78, 5) is 46.0. The van der Waals surface area contributed by atoms with Gasteiger partial charge < -0.3 is 14.6 Å². The number of rotatable bonds is 8. The first kappa shape index (κ1) is 31.7. The van der Waals surface area contributed by atoms with Crippen molar-refractivity contribution in [3.05, 3.63) is 117 Å². The molecule has 45 heavy (non-hydrogen) atoms. The number of aliphatic hydroxyl groups excluding tert-OH is 1. The second-order valence-corrected chi connectivity index (χ2v) is 12.9. The van der Waals surface area contributed by atoms with Gasteiger partial charge in [-0.25, -0.2) is 9.78 Å². The van der Waals surface area contributed by atoms with Crippen molar-refractivity contribution < 1.29 is 29.0 Å². The summed E-state index contributed by atoms with van der Waals surface area (Å²) >= 11 is 0.980. The van der Waals surface area contributed by atoms with Crippen LogP contribution >= 0.6 is 11.3 Å². The molecule has 8 nitrogen and oxygen atoms in total. The van der Waals surface area contributed by atoms with Crippen LogP contribution < -0.4 is 9.64 Å². The molecule has 1 aliphatic rings. The smallest absolute Gasteiger partial charge is 0.350 e. The van der Waals surface area contributed by atoms with Gasteiger partial charge in [0.15, 0.2) is 5.13 Å². The topological polar surface area (TPSA) is 106 Å². The highest BCUT2D eigenvalue weighted by molar-refractivity contribution is 7.17. The van der Waals surface area contributed by atoms with Crippen LogP contribution in [0.5, 0.6) is 5.75 Å². The van der Waals surface area contributed by atoms with Gasteiger partial charge in [-0.15, -0.1) is 0 Å². The molecule has 1 aliphatic heterocycles. The first-order chi connectivity index (χ1) is 21.4. The molecule has 2 heterocycles. The minimum atomic E-state index is -0.978. The van der Waals surface area contributed by atoms with Crippen molar-refractivity contribution in [3.8, 4) is 5.75 Å². The maximum absolute atomic E-state index is 13.7. The molecule has 232 valence electrons. The first-order valence-corrected chi connectivity index (χ1v) is 15.6. The number of hydrogen-bond donors (Lipinski definition) is 1. The quantitative estimate of drug-likeness (QED) is 0.0940. The first-order valence-electron chi connectivity index (χ1n) is 14.7. The Morgan fingerprint density at radius 2 is 1.69 bits per heavy atom. The highest BCUT2D eigenvalue weighted by Gasteiger charge is 2.48. The number of aromatic nitrogens is 1. The van der Waals surface area contributed by atoms with E-state index in [1.54, 1.807) is 32.0 Å². The molecule has 1 N–H and O–H groups in total. The van der Waals surface area contributed by atoms with E-state index >= 15 is 0 Å². The zero-order valence-corrected chi connectivity index (χ0v) is 27.0. The second-order valence-electron chi connectivity index (χ2n) is 11.9. The van der Waals surface area contributed by atoms with E-state index in [-0.39, 0.29) is 33.4 Å². The number of benzene rings is 3. The summed E-state index contributed by atoms with van der Waals surface area (Å²) in [6.45, 7) is 12.1. The molecule has 9 heteroatoms. The molecule has 1 aromatic heterocycles. The minimum Gasteiger partial charge on any atom is -0.507 e. The van der Waals surface area contributed by atoms with Crippen LogP contribution in [0, 0.1) is 13.8 Å². The fourth-order valence-corrected chi connectivity index (χ4v) is 6.22. The van der Waals surface area contributed by atoms with E-state index in [0.29, 0.717) is 29.2 Å². The minimum absolute atomic E-state index is 0.0635. The molecule has 0 unspecified atom stereocenters. The van der Waals surface area contributed by atoms with Gasteiger partial charge in [-0.05, 0) is 66.6 Å². The Morgan fingerprint density at radius 1 is 1.00 bits per heavy atom. The van der Waals surface area contributed by atoms with Crippen LogP contribution in [0.3, 0.4) is 0 Å². The Labute approximate surface area is 267 Å². The van der Waals surface area contributed by atoms with E-state index in [4.69, 9.17) is 9.47 Å². The van der Waals surface area contributed by atoms with Crippen LogP contribution in [0.15, 0.2) is 78.4 Å². The molecule has 1 fully saturated rings. The zero-order valence-electron chi connectivity index (χ0n) is 26.2. The predicted octanol–water partition coefficient (Wildman–Crippen LogP) is 7.44. The molecule has 0 saturated carbocycles. The van der Waals surface area contributed by atoms with Gasteiger partial charge in [0.05, 0.1) is 23.9 Å². The molecule has 1 amide bonds. The number of aliphatic hydroxyl groups is 1. The zero-order chi connectivity index (χ0) is 32.5. The number of anilines is 1. The number of nitrogens with zero attached hydrogens (tertiary/aromatic N) is 2. The molecule has 1 saturated heterocycles. The van der Waals surface area contributed by atoms with Gasteiger partial charge in [0, 0.05) is 5.56 Å². The Hall–Kier alpha value is -4.76. The van der Waals surface area contributed by atoms with Crippen molar-refractivity contribution in [1.82, 2.24) is 4.98 Å². The number of carbonyl (C=O) groups is 3. The van der Waals surface area contributed by atoms with Crippen molar-refractivity contribution >= 4 is 39.9 Å². The maximum Gasteiger partial charge on any atom is 0.350 e. The van der Waals surface area contributed by atoms with Crippen LogP contribution in [0.2, 0.25) is 0 Å². The summed E-state index contributed by atoms with van der Waals surface area (Å²) in [5.41, 5.74) is 4.04. The number of Topliss-reactive ketones (excluding diaryl/α,β-unsaturated/α-hetero) is 1. The molecule has 0 bridgehead atoms. The van der Waals surface area contributed by atoms with Crippen LogP contribution in [-0.4, -0.2) is 34.4 Å². The van der Waals surface area contributed by atoms with Gasteiger partial charge >= 0.3 is 11.9 Å². The lowest BCUT2D eigenvalue weighted by Crippen LogP contribution is -2.29. The van der Waals surface area contributed by atoms with Crippen LogP contribution in [0.4, 0.5) is 5.13 Å². The van der Waals surface area contributed by atoms with E-state index in [0.717, 1.165) is 28.0 Å². The van der Waals surface area contributed by atoms with Crippen molar-refractivity contribution in [1.29, 1.82) is 0 Å². The summed E-state index contributed by atoms with van der Waals surface area (Å²) in [7, 11) is 0. The van der Waals surface area contributed by atoms with Crippen LogP contribution in [0.1, 0.15) is 76.9 Å². The van der Waals surface area contributed by atoms with Gasteiger partial charge in [0.1, 0.15) is 23.0 Å². The number of amides is 1. The molecule has 0 radical (unpaired) electrons. The number of ketones is 1. The molecule has 1 atom stereocenters. The summed E-state index contributed by atoms with van der Waals surface area (Å²) < 4.78 is 11.2. The third-order valence-electron chi connectivity index (χ3n) is 7.67. The average Bonchev–Trinajstić information content (AvgIpc) is 3.52. The number of ether oxygens (including phenoxy) is 2. The molecular formula is C36H36N2O6S. The number of carbonyl (C=O) groups excluding carboxylic acids is 3. The number of hydrogen-bond acceptors (Lipinski definition) is 8. The van der Waals surface area contributed by atoms with E-state index in [1.165, 1.54) is 4.90 Å². The van der Waals surface area contributed by atoms with Crippen molar-refractivity contribution in [2.75, 3.05) is 11.5 Å². The van der Waals surface area contributed by atoms with Crippen molar-refractivity contribution in [2.24, 2.45) is 0 Å². The average molecular weight is 625 g/mol. The molecule has 4 aromatic rings. The second kappa shape index (κ2) is 12.7. The summed E-state index contributed by atoms with van der Waals surface area (Å²) in [6, 6.07) is 21.6. The van der Waals surface area contributed by atoms with Crippen molar-refractivity contribution in [3.63, 3.8) is 0 Å². The number of esters is 1. The Kier molecular flexibility index (Phi) is 8.93. The van der Waals surface area contributed by atoms with Crippen LogP contribution in [0.25, 0.3) is 5.76 Å². The highest BCUT2D eigenvalue weighted by Crippen LogP contribution is 2.44. The van der Waals surface area contributed by atoms with E-state index in [1.807, 2.05) is 61.5 Å². The molecule has 5 rings (SSSR count). The molecule has 0 aliphatic carbocycles. The Balaban J connectivity index is 1.59. The standard InChI is InChI=1S/C36H36N2O6S/c1-7-43-34(42)32-22(3)37-35(45-32)38-29(24-13-16-26(17-14-24)36(4,5)6)28(31(40)33(38)41)30(39)25-15-18-27(21(2)19-25)44-20-23-11-9-8-10-12-23/h8-19,29,39H,7,20H2,1-6H3/b30-28+/t29-/m0/s1. The van der Waals surface area contributed by atoms with E-state index in [2.05, 4.69) is 25.8 Å². The third kappa shape index (κ3) is 6.40. The van der Waals surface area contributed by atoms with Gasteiger partial charge in [-0.1, -0.05) is 86.7 Å². The van der Waals surface area contributed by atoms with E-state index in [9.17, 15) is 19.5 Å². The molecular weight excluding hydrogens is 588 g/mol. The summed E-state index contributed by atoms with van der Waals surface area (Å²) in [5.74, 6) is -1.91. The fourth-order valence-electron chi connectivity index (χ4n) is 5.23. The SMILES string of the molecule is CCOC(=O)c1sc(N2C(=O)C(=O)/C(=C(/O)c3ccc(OCc4ccccc4)c(C)c3)[C@@H]2c2ccc(C(C)(C)C)cc2)nc1C. The maximum atomic E-state index is 13.7. The van der Waals surface area contributed by atoms with Crippen molar-refractivity contribution in [2.45, 2.75) is 59.6 Å². The van der Waals surface area contributed by atoms with Gasteiger partial charge in [-0.3, -0.25) is 14.5 Å². The largest absolute Gasteiger partial charge is 0.507 e. The Bertz CT molecular complexity index is 1780. The third-order valence-corrected chi connectivity index (χ3v) is 8.81. The molecule has 3 aromatic carbocycles. The fraction of sp³-hybridized carbons (Fsp3) is 0.278. The number of aryl methyl sites for hydroxylation is 2. The lowest BCUT2D eigenvalue weighted by molar-refractivity contribution is -0.132. The lowest BCUT2D eigenvalue weighted by Gasteiger charge is -2.25. The highest BCUT2D eigenvalue weighted by atomic mass is 32.1. The monoisotopic (exact) mass is 624 g/mol. The Morgan fingerprint density at radius 3 is 2.31 bits per heavy atom. The summed E-state index contributed by atoms with van der Waals surface area (Å²) in [5, 5.41) is 11.8. The number of thiazole rings is 1. The van der Waals surface area contributed by atoms with Gasteiger partial charge in [-0.2, -0.15) is 0 Å². The summed E-state index contributed by atoms with van der Waals surface area (Å²) in [6.07, 6.45) is 0. The normalized spacial score (nSPS) is 16.2. The lowest BCUT2D eigenvalue weighted by atomic mass is 9.85. The van der Waals surface area contributed by atoms with Gasteiger partial charge in [0.2, 0.25) is 0 Å². The predicted molar refractivity (Wildman–Crippen MR) is 175 cm³/mol. The van der Waals surface area contributed by atoms with Gasteiger partial charge in [0.25, 0.3) is 5.78 Å².